The quantitative estimate of drug-likeness (QED) is 0.429. The van der Waals surface area contributed by atoms with E-state index >= 15 is 4.39 Å². The first-order valence-electron chi connectivity index (χ1n) is 13.0. The first-order valence-corrected chi connectivity index (χ1v) is 13.0. The third kappa shape index (κ3) is 4.42. The van der Waals surface area contributed by atoms with Crippen LogP contribution in [0.3, 0.4) is 0 Å². The number of benzene rings is 1. The van der Waals surface area contributed by atoms with Crippen LogP contribution in [-0.4, -0.2) is 50.9 Å². The minimum Gasteiger partial charge on any atom is -0.339 e. The minimum absolute atomic E-state index is 0.0431. The first kappa shape index (κ1) is 26.1. The zero-order chi connectivity index (χ0) is 28.2. The molecule has 4 aliphatic rings. The average Bonchev–Trinajstić information content (AvgIpc) is 3.44. The van der Waals surface area contributed by atoms with Crippen molar-refractivity contribution < 1.29 is 27.4 Å². The van der Waals surface area contributed by atoms with Gasteiger partial charge in [-0.05, 0) is 49.6 Å². The van der Waals surface area contributed by atoms with Crippen molar-refractivity contribution in [1.29, 1.82) is 0 Å². The van der Waals surface area contributed by atoms with Crippen molar-refractivity contribution in [3.05, 3.63) is 82.8 Å². The molecule has 2 aromatic rings. The van der Waals surface area contributed by atoms with Gasteiger partial charge in [-0.15, -0.1) is 4.59 Å². The molecule has 0 spiro atoms. The Morgan fingerprint density at radius 3 is 2.80 bits per heavy atom. The van der Waals surface area contributed by atoms with Crippen molar-refractivity contribution in [3.63, 3.8) is 0 Å². The number of nitrogens with zero attached hydrogens (tertiary/aromatic N) is 5. The zero-order valence-electron chi connectivity index (χ0n) is 21.7. The second kappa shape index (κ2) is 9.49. The summed E-state index contributed by atoms with van der Waals surface area (Å²) in [6.45, 7) is 1.28. The minimum atomic E-state index is -3.12. The van der Waals surface area contributed by atoms with E-state index in [4.69, 9.17) is 10.8 Å². The molecule has 2 amide bonds. The summed E-state index contributed by atoms with van der Waals surface area (Å²) in [6.07, 6.45) is 9.13. The molecule has 1 aromatic carbocycles. The molecule has 9 nitrogen and oxygen atoms in total. The van der Waals surface area contributed by atoms with Gasteiger partial charge in [0.05, 0.1) is 23.5 Å². The molecule has 3 atom stereocenters. The maximum absolute atomic E-state index is 15.3. The number of nitrogens with one attached hydrogen (secondary N) is 1. The number of nitrogens with two attached hydrogens (primary N) is 1. The normalized spacial score (nSPS) is 25.7. The van der Waals surface area contributed by atoms with Crippen molar-refractivity contribution in [2.45, 2.75) is 44.6 Å². The number of alkyl halides is 2. The lowest BCUT2D eigenvalue weighted by molar-refractivity contribution is -0.750. The smallest absolute Gasteiger partial charge is 0.270 e. The molecule has 0 aliphatic carbocycles. The Morgan fingerprint density at radius 2 is 2.02 bits per heavy atom. The Kier molecular flexibility index (Phi) is 6.19. The van der Waals surface area contributed by atoms with Crippen molar-refractivity contribution in [2.75, 3.05) is 11.9 Å². The van der Waals surface area contributed by atoms with E-state index in [2.05, 4.69) is 15.3 Å². The Labute approximate surface area is 228 Å². The number of aromatic nitrogens is 1. The molecule has 5 heterocycles. The van der Waals surface area contributed by atoms with Crippen LogP contribution < -0.4 is 11.2 Å². The zero-order valence-corrected chi connectivity index (χ0v) is 21.7. The number of carbonyl (C=O) groups is 2. The molecule has 12 heteroatoms. The number of anilines is 1. The van der Waals surface area contributed by atoms with Crippen LogP contribution in [0.4, 0.5) is 19.0 Å². The van der Waals surface area contributed by atoms with E-state index in [9.17, 15) is 18.4 Å². The topological polar surface area (TPSA) is 113 Å². The summed E-state index contributed by atoms with van der Waals surface area (Å²) in [7, 11) is 0. The molecule has 2 fully saturated rings. The van der Waals surface area contributed by atoms with E-state index in [1.807, 2.05) is 4.90 Å². The average molecular weight is 551 g/mol. The molecule has 0 radical (unpaired) electrons. The first-order chi connectivity index (χ1) is 19.0. The molecule has 0 saturated carbocycles. The second-order valence-corrected chi connectivity index (χ2v) is 10.5. The van der Waals surface area contributed by atoms with Crippen LogP contribution >= 0.6 is 0 Å². The van der Waals surface area contributed by atoms with Crippen molar-refractivity contribution >= 4 is 29.7 Å². The summed E-state index contributed by atoms with van der Waals surface area (Å²) in [6, 6.07) is 6.45. The van der Waals surface area contributed by atoms with Gasteiger partial charge in [0.2, 0.25) is 11.6 Å². The maximum Gasteiger partial charge on any atom is 0.270 e. The van der Waals surface area contributed by atoms with E-state index in [1.165, 1.54) is 18.2 Å². The number of halogens is 3. The molecule has 2 saturated heterocycles. The largest absolute Gasteiger partial charge is 0.339 e. The second-order valence-electron chi connectivity index (χ2n) is 10.5. The maximum atomic E-state index is 15.3. The van der Waals surface area contributed by atoms with E-state index in [1.54, 1.807) is 18.6 Å². The van der Waals surface area contributed by atoms with Crippen LogP contribution in [0.25, 0.3) is 0 Å². The van der Waals surface area contributed by atoms with Gasteiger partial charge in [-0.2, -0.15) is 10.8 Å². The van der Waals surface area contributed by atoms with Gasteiger partial charge < -0.3 is 10.2 Å². The summed E-state index contributed by atoms with van der Waals surface area (Å²) in [5.74, 6) is 2.32. The van der Waals surface area contributed by atoms with E-state index in [-0.39, 0.29) is 39.4 Å². The standard InChI is InChI=1S/C28H26F3N7O2/c1-28(30,31)18-8-9-34-23(13-18)35-27(40)20-6-3-16(12-21(20)29)26-36-25(22-14-33-10-11-38(22,26)32)17-2-4-19-5-7-24(39)37(19)15-17/h3,6,8-14,17,19H,2,4-5,7,15,32H2,1H3/p+1/t17-,19+,38?/m1/s1. The van der Waals surface area contributed by atoms with Gasteiger partial charge >= 0.3 is 0 Å². The fourth-order valence-electron chi connectivity index (χ4n) is 5.79. The summed E-state index contributed by atoms with van der Waals surface area (Å²) < 4.78 is 42.3. The summed E-state index contributed by atoms with van der Waals surface area (Å²) in [4.78, 5) is 40.1. The molecule has 4 aliphatic heterocycles. The van der Waals surface area contributed by atoms with Crippen LogP contribution in [0, 0.1) is 11.7 Å². The highest BCUT2D eigenvalue weighted by atomic mass is 19.3. The third-order valence-corrected chi connectivity index (χ3v) is 7.91. The van der Waals surface area contributed by atoms with Crippen molar-refractivity contribution in [3.8, 4) is 0 Å². The number of piperidine rings is 1. The lowest BCUT2D eigenvalue weighted by Gasteiger charge is -2.35. The monoisotopic (exact) mass is 550 g/mol. The lowest BCUT2D eigenvalue weighted by atomic mass is 9.90. The highest BCUT2D eigenvalue weighted by Gasteiger charge is 2.48. The lowest BCUT2D eigenvalue weighted by Crippen LogP contribution is -2.53. The highest BCUT2D eigenvalue weighted by Crippen LogP contribution is 2.40. The fourth-order valence-corrected chi connectivity index (χ4v) is 5.79. The van der Waals surface area contributed by atoms with Gasteiger partial charge in [-0.1, -0.05) is 0 Å². The fraction of sp³-hybridized carbons (Fsp3) is 0.321. The predicted octanol–water partition coefficient (Wildman–Crippen LogP) is 4.20. The van der Waals surface area contributed by atoms with Gasteiger partial charge in [0.25, 0.3) is 17.7 Å². The number of fused-ring (bicyclic) bond motifs is 2. The predicted molar refractivity (Wildman–Crippen MR) is 141 cm³/mol. The van der Waals surface area contributed by atoms with E-state index < -0.39 is 17.6 Å². The molecular weight excluding hydrogens is 523 g/mol. The van der Waals surface area contributed by atoms with E-state index in [0.29, 0.717) is 35.8 Å². The van der Waals surface area contributed by atoms with Gasteiger partial charge in [-0.25, -0.2) is 18.2 Å². The Bertz CT molecular complexity index is 1540. The van der Waals surface area contributed by atoms with Crippen LogP contribution in [0.15, 0.2) is 70.3 Å². The van der Waals surface area contributed by atoms with Gasteiger partial charge in [-0.3, -0.25) is 14.6 Å². The van der Waals surface area contributed by atoms with Crippen LogP contribution in [-0.2, 0) is 10.7 Å². The summed E-state index contributed by atoms with van der Waals surface area (Å²) in [5.41, 5.74) is 1.10. The number of hydrogen-bond donors (Lipinski definition) is 2. The molecule has 3 N–H and O–H groups in total. The molecule has 206 valence electrons. The Morgan fingerprint density at radius 1 is 1.20 bits per heavy atom. The molecule has 6 rings (SSSR count). The summed E-state index contributed by atoms with van der Waals surface area (Å²) in [5, 5.41) is 2.37. The Balaban J connectivity index is 1.28. The molecule has 40 heavy (non-hydrogen) atoms. The SMILES string of the molecule is CC(F)(F)c1ccnc(NC(=O)c2ccc(C3=NC([C@@H]4CC[C@H]5CCC(=O)N5C4)=C4C=NC=C[N+]34N)cc2F)c1. The number of allylic oxidation sites excluding steroid dienone is 1. The van der Waals surface area contributed by atoms with Crippen molar-refractivity contribution in [2.24, 2.45) is 21.7 Å². The van der Waals surface area contributed by atoms with Gasteiger partial charge in [0.15, 0.2) is 0 Å². The highest BCUT2D eigenvalue weighted by molar-refractivity contribution is 6.05. The number of pyridine rings is 1. The van der Waals surface area contributed by atoms with E-state index in [0.717, 1.165) is 44.5 Å². The molecule has 1 unspecified atom stereocenters. The third-order valence-electron chi connectivity index (χ3n) is 7.91. The van der Waals surface area contributed by atoms with Crippen LogP contribution in [0.2, 0.25) is 0 Å². The van der Waals surface area contributed by atoms with Gasteiger partial charge in [0, 0.05) is 43.6 Å². The van der Waals surface area contributed by atoms with Gasteiger partial charge in [0.1, 0.15) is 23.5 Å². The number of aliphatic imine (C=N–C) groups is 2. The number of rotatable bonds is 5. The molecular formula is C28H27F3N7O2+. The molecule has 1 aromatic heterocycles. The van der Waals surface area contributed by atoms with Crippen LogP contribution in [0.5, 0.6) is 0 Å². The number of carbonyl (C=O) groups excluding carboxylic acids is 2. The Hall–Kier alpha value is -4.16. The number of quaternary nitrogens is 1. The molecule has 0 bridgehead atoms. The number of amidine groups is 1. The summed E-state index contributed by atoms with van der Waals surface area (Å²) >= 11 is 0. The van der Waals surface area contributed by atoms with Crippen LogP contribution in [0.1, 0.15) is 54.1 Å². The van der Waals surface area contributed by atoms with Crippen molar-refractivity contribution in [1.82, 2.24) is 9.88 Å². The number of hydrogen-bond acceptors (Lipinski definition) is 6. The number of amides is 2.